The highest BCUT2D eigenvalue weighted by atomic mass is 35.5. The summed E-state index contributed by atoms with van der Waals surface area (Å²) in [7, 11) is 3.03. The van der Waals surface area contributed by atoms with Crippen LogP contribution in [0.25, 0.3) is 0 Å². The second-order valence-electron chi connectivity index (χ2n) is 3.58. The number of quaternary nitrogens is 1. The van der Waals surface area contributed by atoms with Gasteiger partial charge in [0, 0.05) is 5.75 Å². The molecular formula is C12H18ClNO3S. The number of ether oxygens (including phenoxy) is 2. The van der Waals surface area contributed by atoms with Crippen LogP contribution in [-0.4, -0.2) is 32.0 Å². The zero-order valence-corrected chi connectivity index (χ0v) is 12.1. The van der Waals surface area contributed by atoms with E-state index in [1.807, 2.05) is 24.3 Å². The Balaban J connectivity index is 0.00000289. The summed E-state index contributed by atoms with van der Waals surface area (Å²) in [5.74, 6) is 2.11. The first-order valence-electron chi connectivity index (χ1n) is 5.29. The fourth-order valence-corrected chi connectivity index (χ4v) is 2.24. The lowest BCUT2D eigenvalue weighted by molar-refractivity contribution is -0.400. The molecule has 0 radical (unpaired) electrons. The van der Waals surface area contributed by atoms with Crippen molar-refractivity contribution >= 4 is 17.7 Å². The van der Waals surface area contributed by atoms with E-state index in [-0.39, 0.29) is 24.4 Å². The summed E-state index contributed by atoms with van der Waals surface area (Å²) in [5, 5.41) is 0. The van der Waals surface area contributed by atoms with E-state index in [0.29, 0.717) is 5.75 Å². The van der Waals surface area contributed by atoms with Gasteiger partial charge in [0.05, 0.1) is 20.0 Å². The molecule has 0 fully saturated rings. The predicted octanol–water partition coefficient (Wildman–Crippen LogP) is -2.28. The SMILES string of the molecule is COC(=O)[C@H]([NH3+])CSCc1ccc(OC)cc1.[Cl-]. The molecule has 0 spiro atoms. The molecule has 0 amide bonds. The van der Waals surface area contributed by atoms with Gasteiger partial charge in [-0.15, -0.1) is 0 Å². The number of rotatable bonds is 6. The van der Waals surface area contributed by atoms with Crippen LogP contribution in [0.3, 0.4) is 0 Å². The largest absolute Gasteiger partial charge is 1.00 e. The molecule has 1 rings (SSSR count). The fraction of sp³-hybridized carbons (Fsp3) is 0.417. The van der Waals surface area contributed by atoms with Crippen molar-refractivity contribution in [1.82, 2.24) is 0 Å². The van der Waals surface area contributed by atoms with Gasteiger partial charge in [-0.3, -0.25) is 0 Å². The normalized spacial score (nSPS) is 11.3. The molecule has 3 N–H and O–H groups in total. The summed E-state index contributed by atoms with van der Waals surface area (Å²) in [6.45, 7) is 0. The van der Waals surface area contributed by atoms with Crippen molar-refractivity contribution in [2.75, 3.05) is 20.0 Å². The van der Waals surface area contributed by atoms with Gasteiger partial charge in [-0.25, -0.2) is 4.79 Å². The van der Waals surface area contributed by atoms with Gasteiger partial charge in [-0.1, -0.05) is 12.1 Å². The molecule has 4 nitrogen and oxygen atoms in total. The van der Waals surface area contributed by atoms with Crippen LogP contribution in [0.2, 0.25) is 0 Å². The van der Waals surface area contributed by atoms with Crippen molar-refractivity contribution in [2.45, 2.75) is 11.8 Å². The summed E-state index contributed by atoms with van der Waals surface area (Å²) < 4.78 is 9.69. The molecule has 0 aliphatic carbocycles. The first kappa shape index (κ1) is 17.1. The predicted molar refractivity (Wildman–Crippen MR) is 67.8 cm³/mol. The van der Waals surface area contributed by atoms with Crippen molar-refractivity contribution in [2.24, 2.45) is 0 Å². The van der Waals surface area contributed by atoms with Crippen molar-refractivity contribution in [3.05, 3.63) is 29.8 Å². The minimum Gasteiger partial charge on any atom is -1.00 e. The maximum Gasteiger partial charge on any atom is 0.365 e. The van der Waals surface area contributed by atoms with Crippen molar-refractivity contribution in [3.63, 3.8) is 0 Å². The highest BCUT2D eigenvalue weighted by Crippen LogP contribution is 2.16. The van der Waals surface area contributed by atoms with E-state index in [4.69, 9.17) is 4.74 Å². The Bertz CT molecular complexity index is 359. The van der Waals surface area contributed by atoms with Crippen LogP contribution in [-0.2, 0) is 15.3 Å². The molecule has 102 valence electrons. The summed E-state index contributed by atoms with van der Waals surface area (Å²) in [6, 6.07) is 7.59. The van der Waals surface area contributed by atoms with Crippen LogP contribution in [0.15, 0.2) is 24.3 Å². The number of carbonyl (C=O) groups is 1. The van der Waals surface area contributed by atoms with E-state index >= 15 is 0 Å². The second kappa shape index (κ2) is 9.08. The van der Waals surface area contributed by atoms with Crippen molar-refractivity contribution in [1.29, 1.82) is 0 Å². The van der Waals surface area contributed by atoms with Crippen LogP contribution < -0.4 is 22.9 Å². The first-order valence-corrected chi connectivity index (χ1v) is 6.44. The Morgan fingerprint density at radius 1 is 1.33 bits per heavy atom. The first-order chi connectivity index (χ1) is 8.17. The van der Waals surface area contributed by atoms with Gasteiger partial charge in [0.1, 0.15) is 5.75 Å². The van der Waals surface area contributed by atoms with Gasteiger partial charge in [0.25, 0.3) is 0 Å². The van der Waals surface area contributed by atoms with Crippen molar-refractivity contribution < 1.29 is 32.4 Å². The number of methoxy groups -OCH3 is 2. The number of thioether (sulfide) groups is 1. The Kier molecular flexibility index (Phi) is 8.62. The number of halogens is 1. The maximum atomic E-state index is 11.1. The molecule has 0 aromatic heterocycles. The highest BCUT2D eigenvalue weighted by molar-refractivity contribution is 7.98. The molecule has 6 heteroatoms. The lowest BCUT2D eigenvalue weighted by Crippen LogP contribution is -3.00. The zero-order valence-electron chi connectivity index (χ0n) is 10.5. The Hall–Kier alpha value is -0.910. The van der Waals surface area contributed by atoms with Crippen molar-refractivity contribution in [3.8, 4) is 5.75 Å². The molecule has 0 unspecified atom stereocenters. The summed E-state index contributed by atoms with van der Waals surface area (Å²) in [6.07, 6.45) is 0. The van der Waals surface area contributed by atoms with E-state index in [2.05, 4.69) is 10.5 Å². The number of benzene rings is 1. The maximum absolute atomic E-state index is 11.1. The topological polar surface area (TPSA) is 63.2 Å². The Morgan fingerprint density at radius 2 is 1.94 bits per heavy atom. The summed E-state index contributed by atoms with van der Waals surface area (Å²) >= 11 is 1.67. The van der Waals surface area contributed by atoms with Crippen LogP contribution in [0.4, 0.5) is 0 Å². The zero-order chi connectivity index (χ0) is 12.7. The Morgan fingerprint density at radius 3 is 2.44 bits per heavy atom. The van der Waals surface area contributed by atoms with Gasteiger partial charge in [0.15, 0.2) is 6.04 Å². The molecule has 0 saturated carbocycles. The van der Waals surface area contributed by atoms with Gasteiger partial charge >= 0.3 is 5.97 Å². The third-order valence-electron chi connectivity index (χ3n) is 2.28. The van der Waals surface area contributed by atoms with E-state index in [0.717, 1.165) is 11.5 Å². The monoisotopic (exact) mass is 291 g/mol. The van der Waals surface area contributed by atoms with E-state index < -0.39 is 0 Å². The molecular weight excluding hydrogens is 274 g/mol. The highest BCUT2D eigenvalue weighted by Gasteiger charge is 2.16. The fourth-order valence-electron chi connectivity index (χ4n) is 1.28. The Labute approximate surface area is 118 Å². The molecule has 1 aromatic rings. The number of esters is 1. The average Bonchev–Trinajstić information content (AvgIpc) is 2.38. The minimum absolute atomic E-state index is 0. The molecule has 1 atom stereocenters. The quantitative estimate of drug-likeness (QED) is 0.600. The van der Waals surface area contributed by atoms with E-state index in [9.17, 15) is 4.79 Å². The third kappa shape index (κ3) is 5.62. The van der Waals surface area contributed by atoms with Gasteiger partial charge in [-0.05, 0) is 17.7 Å². The molecule has 18 heavy (non-hydrogen) atoms. The second-order valence-corrected chi connectivity index (χ2v) is 4.61. The molecule has 0 bridgehead atoms. The van der Waals surface area contributed by atoms with Crippen LogP contribution in [0, 0.1) is 0 Å². The number of hydrogen-bond donors (Lipinski definition) is 1. The van der Waals surface area contributed by atoms with E-state index in [1.165, 1.54) is 12.7 Å². The average molecular weight is 292 g/mol. The third-order valence-corrected chi connectivity index (χ3v) is 3.46. The molecule has 1 aromatic carbocycles. The molecule has 0 heterocycles. The lowest BCUT2D eigenvalue weighted by Gasteiger charge is -2.06. The standard InChI is InChI=1S/C12H17NO3S.ClH/c1-15-10-5-3-9(4-6-10)7-17-8-11(13)12(14)16-2;/h3-6,11H,7-8,13H2,1-2H3;1H/t11-;/m1./s1. The van der Waals surface area contributed by atoms with E-state index in [1.54, 1.807) is 18.9 Å². The van der Waals surface area contributed by atoms with Gasteiger partial charge in [0.2, 0.25) is 0 Å². The summed E-state index contributed by atoms with van der Waals surface area (Å²) in [5.41, 5.74) is 4.95. The molecule has 0 aliphatic heterocycles. The minimum atomic E-state index is -0.303. The molecule has 0 saturated heterocycles. The van der Waals surface area contributed by atoms with Gasteiger partial charge < -0.3 is 27.6 Å². The number of carbonyl (C=O) groups excluding carboxylic acids is 1. The smallest absolute Gasteiger partial charge is 0.365 e. The summed E-state index contributed by atoms with van der Waals surface area (Å²) in [4.78, 5) is 11.1. The lowest BCUT2D eigenvalue weighted by atomic mass is 10.2. The van der Waals surface area contributed by atoms with Gasteiger partial charge in [-0.2, -0.15) is 11.8 Å². The van der Waals surface area contributed by atoms with Crippen LogP contribution in [0.1, 0.15) is 5.56 Å². The van der Waals surface area contributed by atoms with Crippen LogP contribution in [0.5, 0.6) is 5.75 Å². The molecule has 0 aliphatic rings. The number of hydrogen-bond acceptors (Lipinski definition) is 4. The van der Waals surface area contributed by atoms with Crippen LogP contribution >= 0.6 is 11.8 Å².